The van der Waals surface area contributed by atoms with Crippen molar-refractivity contribution < 1.29 is 13.9 Å². The van der Waals surface area contributed by atoms with Crippen LogP contribution in [0.15, 0.2) is 23.4 Å². The zero-order chi connectivity index (χ0) is 21.0. The van der Waals surface area contributed by atoms with Crippen molar-refractivity contribution in [2.45, 2.75) is 37.7 Å². The predicted molar refractivity (Wildman–Crippen MR) is 113 cm³/mol. The molecule has 2 aromatic rings. The van der Waals surface area contributed by atoms with Gasteiger partial charge in [-0.25, -0.2) is 4.39 Å². The van der Waals surface area contributed by atoms with Gasteiger partial charge in [-0.2, -0.15) is 0 Å². The normalized spacial score (nSPS) is 15.6. The third kappa shape index (κ3) is 5.61. The highest BCUT2D eigenvalue weighted by Gasteiger charge is 2.24. The number of amides is 1. The number of benzene rings is 1. The van der Waals surface area contributed by atoms with Crippen LogP contribution in [0.5, 0.6) is 0 Å². The number of rotatable bonds is 7. The lowest BCUT2D eigenvalue weighted by molar-refractivity contribution is -0.115. The van der Waals surface area contributed by atoms with E-state index >= 15 is 0 Å². The van der Waals surface area contributed by atoms with Gasteiger partial charge in [0.05, 0.1) is 29.2 Å². The van der Waals surface area contributed by atoms with E-state index in [0.717, 1.165) is 25.6 Å². The summed E-state index contributed by atoms with van der Waals surface area (Å²) in [6.45, 7) is 9.65. The van der Waals surface area contributed by atoms with Crippen molar-refractivity contribution in [3.63, 3.8) is 0 Å². The Morgan fingerprint density at radius 1 is 1.31 bits per heavy atom. The summed E-state index contributed by atoms with van der Waals surface area (Å²) in [6.07, 6.45) is 0. The predicted octanol–water partition coefficient (Wildman–Crippen LogP) is 3.68. The number of carbonyl (C=O) groups excluding carboxylic acids is 1. The molecule has 1 fully saturated rings. The topological polar surface area (TPSA) is 72.3 Å². The first-order chi connectivity index (χ1) is 13.8. The number of nitrogens with one attached hydrogen (secondary N) is 1. The fraction of sp³-hybridized carbons (Fsp3) is 0.526. The number of ether oxygens (including phenoxy) is 1. The van der Waals surface area contributed by atoms with Gasteiger partial charge in [-0.15, -0.1) is 10.2 Å². The number of morpholine rings is 1. The maximum absolute atomic E-state index is 13.2. The van der Waals surface area contributed by atoms with Crippen molar-refractivity contribution in [2.24, 2.45) is 5.92 Å². The largest absolute Gasteiger partial charge is 0.378 e. The van der Waals surface area contributed by atoms with Gasteiger partial charge in [0, 0.05) is 19.6 Å². The molecule has 158 valence electrons. The summed E-state index contributed by atoms with van der Waals surface area (Å²) in [5, 5.41) is 11.9. The van der Waals surface area contributed by atoms with Crippen LogP contribution in [-0.4, -0.2) is 52.2 Å². The summed E-state index contributed by atoms with van der Waals surface area (Å²) in [6, 6.07) is 3.88. The van der Waals surface area contributed by atoms with Crippen molar-refractivity contribution in [2.75, 3.05) is 36.5 Å². The van der Waals surface area contributed by atoms with E-state index in [1.165, 1.54) is 30.0 Å². The standard InChI is InChI=1S/C19H25ClFN5O2S/c1-12(2)11-26-18(25-6-8-28-9-7-25)23-24-19(26)29-13(3)17(27)22-16-5-4-14(21)10-15(16)20/h4-5,10,12-13H,6-9,11H2,1-3H3,(H,22,27). The van der Waals surface area contributed by atoms with Crippen LogP contribution in [0.1, 0.15) is 20.8 Å². The molecule has 7 nitrogen and oxygen atoms in total. The fourth-order valence-electron chi connectivity index (χ4n) is 2.93. The minimum atomic E-state index is -0.451. The molecule has 0 radical (unpaired) electrons. The molecular weight excluding hydrogens is 417 g/mol. The number of carbonyl (C=O) groups is 1. The molecule has 1 aromatic carbocycles. The molecule has 10 heteroatoms. The first-order valence-corrected chi connectivity index (χ1v) is 10.8. The molecule has 0 bridgehead atoms. The van der Waals surface area contributed by atoms with Gasteiger partial charge in [0.1, 0.15) is 5.82 Å². The molecule has 0 aliphatic carbocycles. The van der Waals surface area contributed by atoms with Gasteiger partial charge in [-0.3, -0.25) is 9.36 Å². The highest BCUT2D eigenvalue weighted by Crippen LogP contribution is 2.29. The number of hydrogen-bond acceptors (Lipinski definition) is 6. The van der Waals surface area contributed by atoms with Crippen LogP contribution in [-0.2, 0) is 16.1 Å². The van der Waals surface area contributed by atoms with E-state index in [9.17, 15) is 9.18 Å². The third-order valence-electron chi connectivity index (χ3n) is 4.38. The monoisotopic (exact) mass is 441 g/mol. The minimum absolute atomic E-state index is 0.160. The van der Waals surface area contributed by atoms with Gasteiger partial charge in [0.2, 0.25) is 11.9 Å². The molecule has 0 spiro atoms. The lowest BCUT2D eigenvalue weighted by Gasteiger charge is -2.28. The van der Waals surface area contributed by atoms with E-state index in [4.69, 9.17) is 16.3 Å². The van der Waals surface area contributed by atoms with E-state index < -0.39 is 11.1 Å². The van der Waals surface area contributed by atoms with E-state index in [1.54, 1.807) is 6.92 Å². The number of aromatic nitrogens is 3. The van der Waals surface area contributed by atoms with Crippen molar-refractivity contribution in [1.82, 2.24) is 14.8 Å². The highest BCUT2D eigenvalue weighted by atomic mass is 35.5. The molecule has 0 saturated carbocycles. The quantitative estimate of drug-likeness (QED) is 0.661. The lowest BCUT2D eigenvalue weighted by Crippen LogP contribution is -2.38. The second-order valence-corrected chi connectivity index (χ2v) is 8.98. The Balaban J connectivity index is 1.73. The summed E-state index contributed by atoms with van der Waals surface area (Å²) >= 11 is 7.34. The molecule has 1 aliphatic rings. The fourth-order valence-corrected chi connectivity index (χ4v) is 4.00. The van der Waals surface area contributed by atoms with Gasteiger partial charge in [-0.1, -0.05) is 37.2 Å². The van der Waals surface area contributed by atoms with Crippen LogP contribution in [0.25, 0.3) is 0 Å². The van der Waals surface area contributed by atoms with Crippen LogP contribution in [0.2, 0.25) is 5.02 Å². The number of anilines is 2. The molecule has 1 atom stereocenters. The number of halogens is 2. The Labute approximate surface area is 179 Å². The van der Waals surface area contributed by atoms with Gasteiger partial charge < -0.3 is 15.0 Å². The van der Waals surface area contributed by atoms with Crippen molar-refractivity contribution in [3.05, 3.63) is 29.0 Å². The maximum atomic E-state index is 13.2. The second kappa shape index (κ2) is 9.77. The van der Waals surface area contributed by atoms with Crippen LogP contribution in [0, 0.1) is 11.7 Å². The maximum Gasteiger partial charge on any atom is 0.237 e. The van der Waals surface area contributed by atoms with Crippen LogP contribution >= 0.6 is 23.4 Å². The molecule has 1 aliphatic heterocycles. The Bertz CT molecular complexity index is 857. The Kier molecular flexibility index (Phi) is 7.37. The molecule has 1 saturated heterocycles. The van der Waals surface area contributed by atoms with E-state index in [0.29, 0.717) is 30.0 Å². The smallest absolute Gasteiger partial charge is 0.237 e. The third-order valence-corrected chi connectivity index (χ3v) is 5.77. The summed E-state index contributed by atoms with van der Waals surface area (Å²) in [5.41, 5.74) is 0.378. The van der Waals surface area contributed by atoms with Crippen LogP contribution in [0.3, 0.4) is 0 Å². The average Bonchev–Trinajstić information content (AvgIpc) is 3.06. The Morgan fingerprint density at radius 2 is 2.03 bits per heavy atom. The Morgan fingerprint density at radius 3 is 2.69 bits per heavy atom. The molecule has 1 unspecified atom stereocenters. The van der Waals surface area contributed by atoms with Crippen molar-refractivity contribution in [3.8, 4) is 0 Å². The highest BCUT2D eigenvalue weighted by molar-refractivity contribution is 8.00. The SMILES string of the molecule is CC(C)Cn1c(SC(C)C(=O)Nc2ccc(F)cc2Cl)nnc1N1CCOCC1. The first-order valence-electron chi connectivity index (χ1n) is 9.53. The zero-order valence-electron chi connectivity index (χ0n) is 16.7. The molecule has 29 heavy (non-hydrogen) atoms. The zero-order valence-corrected chi connectivity index (χ0v) is 18.3. The molecular formula is C19H25ClFN5O2S. The first kappa shape index (κ1) is 21.9. The average molecular weight is 442 g/mol. The molecule has 2 heterocycles. The van der Waals surface area contributed by atoms with Gasteiger partial charge in [-0.05, 0) is 31.0 Å². The number of thioether (sulfide) groups is 1. The molecule has 1 N–H and O–H groups in total. The van der Waals surface area contributed by atoms with E-state index in [1.807, 2.05) is 0 Å². The number of hydrogen-bond donors (Lipinski definition) is 1. The van der Waals surface area contributed by atoms with Crippen LogP contribution < -0.4 is 10.2 Å². The van der Waals surface area contributed by atoms with Crippen molar-refractivity contribution >= 4 is 40.9 Å². The van der Waals surface area contributed by atoms with Gasteiger partial charge in [0.15, 0.2) is 5.16 Å². The summed E-state index contributed by atoms with van der Waals surface area (Å²) in [7, 11) is 0. The van der Waals surface area contributed by atoms with E-state index in [2.05, 4.69) is 38.8 Å². The second-order valence-electron chi connectivity index (χ2n) is 7.26. The van der Waals surface area contributed by atoms with Gasteiger partial charge >= 0.3 is 0 Å². The van der Waals surface area contributed by atoms with Crippen LogP contribution in [0.4, 0.5) is 16.0 Å². The van der Waals surface area contributed by atoms with Gasteiger partial charge in [0.25, 0.3) is 0 Å². The Hall–Kier alpha value is -1.84. The summed E-state index contributed by atoms with van der Waals surface area (Å²) in [4.78, 5) is 14.8. The number of nitrogens with zero attached hydrogens (tertiary/aromatic N) is 4. The van der Waals surface area contributed by atoms with Crippen molar-refractivity contribution in [1.29, 1.82) is 0 Å². The lowest BCUT2D eigenvalue weighted by atomic mass is 10.2. The molecule has 1 aromatic heterocycles. The molecule has 3 rings (SSSR count). The molecule has 1 amide bonds. The van der Waals surface area contributed by atoms with E-state index in [-0.39, 0.29) is 10.9 Å². The minimum Gasteiger partial charge on any atom is -0.378 e. The summed E-state index contributed by atoms with van der Waals surface area (Å²) < 4.78 is 20.7. The summed E-state index contributed by atoms with van der Waals surface area (Å²) in [5.74, 6) is 0.509.